The van der Waals surface area contributed by atoms with Gasteiger partial charge >= 0.3 is 0 Å². The quantitative estimate of drug-likeness (QED) is 0.423. The first-order chi connectivity index (χ1) is 15.0. The Morgan fingerprint density at radius 3 is 2.45 bits per heavy atom. The van der Waals surface area contributed by atoms with Crippen LogP contribution in [-0.2, 0) is 11.3 Å². The first-order valence-electron chi connectivity index (χ1n) is 10.3. The summed E-state index contributed by atoms with van der Waals surface area (Å²) in [7, 11) is 0. The molecule has 0 saturated heterocycles. The van der Waals surface area contributed by atoms with E-state index in [1.165, 1.54) is 0 Å². The maximum Gasteiger partial charge on any atom is 0.252 e. The number of fused-ring (bicyclic) bond motifs is 1. The van der Waals surface area contributed by atoms with Crippen molar-refractivity contribution in [3.05, 3.63) is 88.5 Å². The van der Waals surface area contributed by atoms with Crippen molar-refractivity contribution in [3.63, 3.8) is 0 Å². The van der Waals surface area contributed by atoms with Crippen LogP contribution in [0.1, 0.15) is 42.0 Å². The highest BCUT2D eigenvalue weighted by Gasteiger charge is 2.27. The fourth-order valence-electron chi connectivity index (χ4n) is 3.76. The highest BCUT2D eigenvalue weighted by atomic mass is 35.5. The Morgan fingerprint density at radius 2 is 1.77 bits per heavy atom. The Balaban J connectivity index is 1.73. The third-order valence-electron chi connectivity index (χ3n) is 5.27. The highest BCUT2D eigenvalue weighted by molar-refractivity contribution is 6.30. The van der Waals surface area contributed by atoms with Crippen LogP contribution in [0.2, 0.25) is 5.02 Å². The summed E-state index contributed by atoms with van der Waals surface area (Å²) in [6.45, 7) is 6.15. The van der Waals surface area contributed by atoms with Gasteiger partial charge < -0.3 is 4.90 Å². The molecule has 0 N–H and O–H groups in total. The summed E-state index contributed by atoms with van der Waals surface area (Å²) < 4.78 is 1.71. The first kappa shape index (κ1) is 21.0. The molecule has 0 fully saturated rings. The van der Waals surface area contributed by atoms with E-state index in [1.54, 1.807) is 21.5 Å². The molecule has 0 bridgehead atoms. The van der Waals surface area contributed by atoms with E-state index in [1.807, 2.05) is 69.3 Å². The summed E-state index contributed by atoms with van der Waals surface area (Å²) in [5.41, 5.74) is 3.57. The smallest absolute Gasteiger partial charge is 0.252 e. The van der Waals surface area contributed by atoms with Crippen molar-refractivity contribution < 1.29 is 4.79 Å². The number of benzene rings is 2. The van der Waals surface area contributed by atoms with Crippen LogP contribution in [0.4, 0.5) is 5.69 Å². The second-order valence-electron chi connectivity index (χ2n) is 7.55. The maximum absolute atomic E-state index is 13.7. The van der Waals surface area contributed by atoms with Crippen LogP contribution in [0.5, 0.6) is 0 Å². The molecule has 6 nitrogen and oxygen atoms in total. The molecule has 31 heavy (non-hydrogen) atoms. The van der Waals surface area contributed by atoms with E-state index >= 15 is 0 Å². The Hall–Kier alpha value is -3.25. The molecule has 1 amide bonds. The van der Waals surface area contributed by atoms with E-state index in [4.69, 9.17) is 11.6 Å². The molecule has 2 heterocycles. The molecule has 7 heteroatoms. The summed E-state index contributed by atoms with van der Waals surface area (Å²) in [5, 5.41) is 5.22. The molecule has 0 saturated carbocycles. The van der Waals surface area contributed by atoms with Gasteiger partial charge in [-0.2, -0.15) is 4.98 Å². The molecule has 0 unspecified atom stereocenters. The van der Waals surface area contributed by atoms with Crippen molar-refractivity contribution in [2.75, 3.05) is 4.90 Å². The van der Waals surface area contributed by atoms with Gasteiger partial charge in [-0.1, -0.05) is 48.9 Å². The van der Waals surface area contributed by atoms with E-state index in [9.17, 15) is 4.79 Å². The van der Waals surface area contributed by atoms with Crippen LogP contribution in [-0.4, -0.2) is 25.5 Å². The fraction of sp³-hybridized carbons (Fsp3) is 0.250. The van der Waals surface area contributed by atoms with Crippen molar-refractivity contribution in [1.82, 2.24) is 19.6 Å². The number of rotatable bonds is 6. The van der Waals surface area contributed by atoms with Crippen molar-refractivity contribution in [2.24, 2.45) is 0 Å². The lowest BCUT2D eigenvalue weighted by molar-refractivity contribution is -0.120. The second kappa shape index (κ2) is 8.86. The van der Waals surface area contributed by atoms with E-state index in [2.05, 4.69) is 15.1 Å². The van der Waals surface area contributed by atoms with Gasteiger partial charge in [0, 0.05) is 22.1 Å². The number of hydrogen-bond acceptors (Lipinski definition) is 4. The minimum absolute atomic E-state index is 0.00394. The molecule has 0 radical (unpaired) electrons. The summed E-state index contributed by atoms with van der Waals surface area (Å²) >= 11 is 6.09. The lowest BCUT2D eigenvalue weighted by atomic mass is 9.94. The molecule has 1 atom stereocenters. The third-order valence-corrected chi connectivity index (χ3v) is 5.53. The van der Waals surface area contributed by atoms with Crippen LogP contribution in [0.25, 0.3) is 5.78 Å². The summed E-state index contributed by atoms with van der Waals surface area (Å²) in [6.07, 6.45) is 0.686. The monoisotopic (exact) mass is 433 g/mol. The number of hydrogen-bond donors (Lipinski definition) is 0. The number of nitrogens with zero attached hydrogens (tertiary/aromatic N) is 5. The zero-order chi connectivity index (χ0) is 22.0. The van der Waals surface area contributed by atoms with Gasteiger partial charge in [-0.25, -0.2) is 9.50 Å². The number of halogens is 1. The average Bonchev–Trinajstić information content (AvgIpc) is 3.17. The van der Waals surface area contributed by atoms with Crippen molar-refractivity contribution >= 4 is 29.0 Å². The molecular formula is C24H24ClN5O. The van der Waals surface area contributed by atoms with Crippen LogP contribution in [0.3, 0.4) is 0 Å². The van der Waals surface area contributed by atoms with Gasteiger partial charge in [0.05, 0.1) is 12.5 Å². The van der Waals surface area contributed by atoms with E-state index in [0.29, 0.717) is 23.0 Å². The molecule has 4 rings (SSSR count). The number of carbonyl (C=O) groups excluding carboxylic acids is 1. The van der Waals surface area contributed by atoms with Gasteiger partial charge in [0.2, 0.25) is 5.91 Å². The Labute approximate surface area is 186 Å². The highest BCUT2D eigenvalue weighted by Crippen LogP contribution is 2.27. The van der Waals surface area contributed by atoms with Crippen molar-refractivity contribution in [3.8, 4) is 0 Å². The number of aromatic nitrogens is 4. The predicted molar refractivity (Wildman–Crippen MR) is 122 cm³/mol. The van der Waals surface area contributed by atoms with Gasteiger partial charge in [0.1, 0.15) is 0 Å². The summed E-state index contributed by atoms with van der Waals surface area (Å²) in [5.74, 6) is 0.797. The van der Waals surface area contributed by atoms with Gasteiger partial charge in [-0.15, -0.1) is 5.10 Å². The molecule has 2 aromatic carbocycles. The fourth-order valence-corrected chi connectivity index (χ4v) is 3.89. The number of carbonyl (C=O) groups is 1. The molecular weight excluding hydrogens is 410 g/mol. The number of aryl methyl sites for hydroxylation is 2. The lowest BCUT2D eigenvalue weighted by Gasteiger charge is -2.26. The van der Waals surface area contributed by atoms with Gasteiger partial charge in [0.15, 0.2) is 5.82 Å². The third kappa shape index (κ3) is 4.44. The second-order valence-corrected chi connectivity index (χ2v) is 7.99. The molecule has 2 aromatic heterocycles. The molecule has 4 aromatic rings. The molecule has 0 aliphatic rings. The molecule has 0 aliphatic carbocycles. The minimum Gasteiger partial charge on any atom is -0.304 e. The Bertz CT molecular complexity index is 1200. The molecule has 0 spiro atoms. The van der Waals surface area contributed by atoms with Crippen molar-refractivity contribution in [2.45, 2.75) is 39.7 Å². The maximum atomic E-state index is 13.7. The van der Waals surface area contributed by atoms with Gasteiger partial charge in [-0.05, 0) is 56.2 Å². The molecule has 0 aliphatic heterocycles. The summed E-state index contributed by atoms with van der Waals surface area (Å²) in [6, 6.07) is 19.1. The average molecular weight is 434 g/mol. The van der Waals surface area contributed by atoms with Crippen LogP contribution < -0.4 is 4.90 Å². The predicted octanol–water partition coefficient (Wildman–Crippen LogP) is 5.12. The zero-order valence-corrected chi connectivity index (χ0v) is 18.5. The lowest BCUT2D eigenvalue weighted by Crippen LogP contribution is -2.35. The van der Waals surface area contributed by atoms with Crippen LogP contribution in [0.15, 0.2) is 60.7 Å². The topological polar surface area (TPSA) is 63.4 Å². The minimum atomic E-state index is -0.268. The number of amides is 1. The van der Waals surface area contributed by atoms with E-state index < -0.39 is 0 Å². The van der Waals surface area contributed by atoms with Crippen LogP contribution >= 0.6 is 11.6 Å². The largest absolute Gasteiger partial charge is 0.304 e. The van der Waals surface area contributed by atoms with Gasteiger partial charge in [-0.3, -0.25) is 4.79 Å². The number of anilines is 1. The first-order valence-corrected chi connectivity index (χ1v) is 10.7. The standard InChI is InChI=1S/C24H24ClN5O/c1-4-21(18-8-6-5-7-9-18)23(31)29(20-12-10-19(25)11-13-20)15-22-27-24-26-16(2)14-17(3)30(24)28-22/h5-14,21H,4,15H2,1-3H3/t21-/m1/s1. The van der Waals surface area contributed by atoms with Gasteiger partial charge in [0.25, 0.3) is 5.78 Å². The van der Waals surface area contributed by atoms with E-state index in [-0.39, 0.29) is 18.4 Å². The SMILES string of the molecule is CC[C@@H](C(=O)N(Cc1nc2nc(C)cc(C)n2n1)c1ccc(Cl)cc1)c1ccccc1. The zero-order valence-electron chi connectivity index (χ0n) is 17.8. The van der Waals surface area contributed by atoms with E-state index in [0.717, 1.165) is 22.6 Å². The summed E-state index contributed by atoms with van der Waals surface area (Å²) in [4.78, 5) is 24.5. The van der Waals surface area contributed by atoms with Crippen LogP contribution in [0, 0.1) is 13.8 Å². The Morgan fingerprint density at radius 1 is 1.06 bits per heavy atom. The Kier molecular flexibility index (Phi) is 6.00. The van der Waals surface area contributed by atoms with Crippen molar-refractivity contribution in [1.29, 1.82) is 0 Å². The normalized spacial score (nSPS) is 12.1. The molecule has 158 valence electrons.